The van der Waals surface area contributed by atoms with Crippen molar-refractivity contribution in [3.05, 3.63) is 46.9 Å². The molecule has 0 saturated carbocycles. The van der Waals surface area contributed by atoms with Gasteiger partial charge in [0.1, 0.15) is 11.3 Å². The van der Waals surface area contributed by atoms with Crippen molar-refractivity contribution in [1.29, 1.82) is 0 Å². The molecule has 0 fully saturated rings. The monoisotopic (exact) mass is 345 g/mol. The molecular weight excluding hydrogens is 334 g/mol. The van der Waals surface area contributed by atoms with Gasteiger partial charge in [0, 0.05) is 11.4 Å². The number of esters is 1. The molecule has 2 N–H and O–H groups in total. The minimum absolute atomic E-state index is 0.298. The summed E-state index contributed by atoms with van der Waals surface area (Å²) in [6.07, 6.45) is 0. The van der Waals surface area contributed by atoms with Crippen molar-refractivity contribution in [3.8, 4) is 16.9 Å². The zero-order valence-electron chi connectivity index (χ0n) is 11.2. The molecule has 0 unspecified atom stereocenters. The number of furan rings is 1. The zero-order valence-corrected chi connectivity index (χ0v) is 12.8. The van der Waals surface area contributed by atoms with Crippen LogP contribution in [0.4, 0.5) is 5.88 Å². The summed E-state index contributed by atoms with van der Waals surface area (Å²) in [6.45, 7) is 1.36. The van der Waals surface area contributed by atoms with Gasteiger partial charge in [-0.1, -0.05) is 34.1 Å². The smallest absolute Gasteiger partial charge is 0.308 e. The summed E-state index contributed by atoms with van der Waals surface area (Å²) in [5, 5.41) is 0.701. The maximum absolute atomic E-state index is 11.3. The van der Waals surface area contributed by atoms with Crippen LogP contribution in [-0.2, 0) is 4.79 Å². The minimum atomic E-state index is -0.385. The first-order chi connectivity index (χ1) is 10.1. The van der Waals surface area contributed by atoms with Crippen LogP contribution in [0.5, 0.6) is 5.75 Å². The first kappa shape index (κ1) is 13.7. The molecule has 0 atom stereocenters. The normalized spacial score (nSPS) is 10.8. The molecule has 3 rings (SSSR count). The average Bonchev–Trinajstić information content (AvgIpc) is 2.76. The summed E-state index contributed by atoms with van der Waals surface area (Å²) < 4.78 is 11.8. The lowest BCUT2D eigenvalue weighted by Gasteiger charge is -2.05. The molecule has 0 aliphatic heterocycles. The number of hydrogen-bond donors (Lipinski definition) is 1. The van der Waals surface area contributed by atoms with Gasteiger partial charge in [-0.25, -0.2) is 0 Å². The summed E-state index contributed by atoms with van der Waals surface area (Å²) >= 11 is 3.40. The van der Waals surface area contributed by atoms with Crippen molar-refractivity contribution in [2.45, 2.75) is 6.92 Å². The lowest BCUT2D eigenvalue weighted by atomic mass is 10.0. The highest BCUT2D eigenvalue weighted by Crippen LogP contribution is 2.41. The standard InChI is InChI=1S/C16H12BrNO3/c1-9(19)20-12-3-2-4-13-15(12)14(16(18)21-13)10-5-7-11(17)8-6-10/h2-8H,18H2,1H3. The van der Waals surface area contributed by atoms with E-state index in [1.165, 1.54) is 6.92 Å². The summed E-state index contributed by atoms with van der Waals surface area (Å²) in [4.78, 5) is 11.3. The van der Waals surface area contributed by atoms with Crippen molar-refractivity contribution in [3.63, 3.8) is 0 Å². The molecule has 0 aliphatic rings. The fourth-order valence-electron chi connectivity index (χ4n) is 2.28. The third kappa shape index (κ3) is 2.52. The van der Waals surface area contributed by atoms with Gasteiger partial charge in [-0.2, -0.15) is 0 Å². The van der Waals surface area contributed by atoms with E-state index in [9.17, 15) is 4.79 Å². The van der Waals surface area contributed by atoms with Crippen molar-refractivity contribution in [2.24, 2.45) is 0 Å². The summed E-state index contributed by atoms with van der Waals surface area (Å²) in [5.41, 5.74) is 8.22. The van der Waals surface area contributed by atoms with Gasteiger partial charge in [-0.15, -0.1) is 0 Å². The zero-order chi connectivity index (χ0) is 15.0. The number of nitrogen functional groups attached to an aromatic ring is 1. The van der Waals surface area contributed by atoms with Crippen molar-refractivity contribution >= 4 is 38.8 Å². The van der Waals surface area contributed by atoms with Crippen LogP contribution in [0.25, 0.3) is 22.1 Å². The van der Waals surface area contributed by atoms with Crippen LogP contribution < -0.4 is 10.5 Å². The highest BCUT2D eigenvalue weighted by atomic mass is 79.9. The van der Waals surface area contributed by atoms with E-state index in [4.69, 9.17) is 14.9 Å². The quantitative estimate of drug-likeness (QED) is 0.553. The van der Waals surface area contributed by atoms with Gasteiger partial charge in [0.2, 0.25) is 0 Å². The molecule has 4 nitrogen and oxygen atoms in total. The molecule has 0 radical (unpaired) electrons. The highest BCUT2D eigenvalue weighted by molar-refractivity contribution is 9.10. The van der Waals surface area contributed by atoms with E-state index in [0.29, 0.717) is 22.6 Å². The number of rotatable bonds is 2. The Morgan fingerprint density at radius 1 is 1.19 bits per heavy atom. The lowest BCUT2D eigenvalue weighted by molar-refractivity contribution is -0.131. The fourth-order valence-corrected chi connectivity index (χ4v) is 2.54. The van der Waals surface area contributed by atoms with Crippen molar-refractivity contribution in [2.75, 3.05) is 5.73 Å². The van der Waals surface area contributed by atoms with Gasteiger partial charge < -0.3 is 14.9 Å². The van der Waals surface area contributed by atoms with E-state index in [2.05, 4.69) is 15.9 Å². The Bertz CT molecular complexity index is 821. The molecule has 0 aliphatic carbocycles. The third-order valence-corrected chi connectivity index (χ3v) is 3.62. The number of ether oxygens (including phenoxy) is 1. The van der Waals surface area contributed by atoms with Gasteiger partial charge >= 0.3 is 5.97 Å². The fraction of sp³-hybridized carbons (Fsp3) is 0.0625. The average molecular weight is 346 g/mol. The van der Waals surface area contributed by atoms with E-state index >= 15 is 0 Å². The Morgan fingerprint density at radius 2 is 1.90 bits per heavy atom. The molecule has 0 amide bonds. The second kappa shape index (κ2) is 5.26. The van der Waals surface area contributed by atoms with Gasteiger partial charge in [-0.3, -0.25) is 4.79 Å². The number of halogens is 1. The number of carbonyl (C=O) groups is 1. The maximum Gasteiger partial charge on any atom is 0.308 e. The van der Waals surface area contributed by atoms with E-state index in [1.54, 1.807) is 18.2 Å². The van der Waals surface area contributed by atoms with E-state index in [-0.39, 0.29) is 5.97 Å². The molecule has 2 aromatic carbocycles. The van der Waals surface area contributed by atoms with Gasteiger partial charge in [0.05, 0.1) is 10.9 Å². The van der Waals surface area contributed by atoms with Crippen LogP contribution in [0.2, 0.25) is 0 Å². The number of carbonyl (C=O) groups excluding carboxylic acids is 1. The first-order valence-electron chi connectivity index (χ1n) is 6.31. The molecule has 3 aromatic rings. The number of benzene rings is 2. The van der Waals surface area contributed by atoms with E-state index < -0.39 is 0 Å². The second-order valence-electron chi connectivity index (χ2n) is 4.57. The molecule has 0 saturated heterocycles. The Morgan fingerprint density at radius 3 is 2.57 bits per heavy atom. The predicted molar refractivity (Wildman–Crippen MR) is 85.1 cm³/mol. The number of hydrogen-bond acceptors (Lipinski definition) is 4. The number of fused-ring (bicyclic) bond motifs is 1. The van der Waals surface area contributed by atoms with Crippen LogP contribution in [0.3, 0.4) is 0 Å². The molecule has 1 heterocycles. The van der Waals surface area contributed by atoms with Crippen LogP contribution in [0.1, 0.15) is 6.92 Å². The Balaban J connectivity index is 2.28. The van der Waals surface area contributed by atoms with Crippen molar-refractivity contribution in [1.82, 2.24) is 0 Å². The van der Waals surface area contributed by atoms with Crippen LogP contribution >= 0.6 is 15.9 Å². The van der Waals surface area contributed by atoms with E-state index in [1.807, 2.05) is 24.3 Å². The topological polar surface area (TPSA) is 65.5 Å². The molecular formula is C16H12BrNO3. The van der Waals surface area contributed by atoms with Crippen LogP contribution in [0.15, 0.2) is 51.4 Å². The summed E-state index contributed by atoms with van der Waals surface area (Å²) in [6, 6.07) is 13.0. The summed E-state index contributed by atoms with van der Waals surface area (Å²) in [5.74, 6) is 0.356. The first-order valence-corrected chi connectivity index (χ1v) is 7.11. The SMILES string of the molecule is CC(=O)Oc1cccc2oc(N)c(-c3ccc(Br)cc3)c12. The maximum atomic E-state index is 11.3. The largest absolute Gasteiger partial charge is 0.440 e. The number of anilines is 1. The minimum Gasteiger partial charge on any atom is -0.440 e. The summed E-state index contributed by atoms with van der Waals surface area (Å²) in [7, 11) is 0. The number of nitrogens with two attached hydrogens (primary N) is 1. The highest BCUT2D eigenvalue weighted by Gasteiger charge is 2.18. The molecule has 0 bridgehead atoms. The van der Waals surface area contributed by atoms with Crippen molar-refractivity contribution < 1.29 is 13.9 Å². The lowest BCUT2D eigenvalue weighted by Crippen LogP contribution is -2.01. The van der Waals surface area contributed by atoms with Crippen LogP contribution in [0, 0.1) is 0 Å². The van der Waals surface area contributed by atoms with Gasteiger partial charge in [-0.05, 0) is 29.8 Å². The Labute approximate surface area is 129 Å². The van der Waals surface area contributed by atoms with E-state index in [0.717, 1.165) is 15.6 Å². The Kier molecular flexibility index (Phi) is 3.43. The second-order valence-corrected chi connectivity index (χ2v) is 5.49. The molecule has 1 aromatic heterocycles. The molecule has 106 valence electrons. The predicted octanol–water partition coefficient (Wildman–Crippen LogP) is 4.37. The van der Waals surface area contributed by atoms with Crippen LogP contribution in [-0.4, -0.2) is 5.97 Å². The Hall–Kier alpha value is -2.27. The third-order valence-electron chi connectivity index (χ3n) is 3.09. The van der Waals surface area contributed by atoms with Gasteiger partial charge in [0.25, 0.3) is 0 Å². The van der Waals surface area contributed by atoms with Gasteiger partial charge in [0.15, 0.2) is 5.88 Å². The molecule has 21 heavy (non-hydrogen) atoms. The molecule has 5 heteroatoms. The molecule has 0 spiro atoms.